The molecule has 1 N–H and O–H groups in total. The molecule has 5 nitrogen and oxygen atoms in total. The van der Waals surface area contributed by atoms with Gasteiger partial charge >= 0.3 is 12.1 Å². The van der Waals surface area contributed by atoms with Gasteiger partial charge in [0.2, 0.25) is 0 Å². The van der Waals surface area contributed by atoms with Crippen molar-refractivity contribution in [1.82, 2.24) is 5.32 Å². The summed E-state index contributed by atoms with van der Waals surface area (Å²) in [6, 6.07) is 0.140. The van der Waals surface area contributed by atoms with Gasteiger partial charge in [-0.1, -0.05) is 0 Å². The van der Waals surface area contributed by atoms with Crippen LogP contribution in [0.15, 0.2) is 0 Å². The van der Waals surface area contributed by atoms with Crippen LogP contribution >= 0.6 is 0 Å². The average molecular weight is 269 g/mol. The van der Waals surface area contributed by atoms with Crippen LogP contribution in [0.3, 0.4) is 0 Å². The van der Waals surface area contributed by atoms with Crippen LogP contribution in [0.2, 0.25) is 0 Å². The van der Waals surface area contributed by atoms with Crippen LogP contribution in [0, 0.1) is 17.8 Å². The highest BCUT2D eigenvalue weighted by molar-refractivity contribution is 5.73. The molecule has 4 unspecified atom stereocenters. The highest BCUT2D eigenvalue weighted by Crippen LogP contribution is 2.48. The minimum Gasteiger partial charge on any atom is -0.469 e. The molecule has 108 valence electrons. The normalized spacial score (nSPS) is 33.1. The van der Waals surface area contributed by atoms with Crippen molar-refractivity contribution in [2.24, 2.45) is 17.8 Å². The lowest BCUT2D eigenvalue weighted by molar-refractivity contribution is -0.147. The molecule has 2 bridgehead atoms. The van der Waals surface area contributed by atoms with Gasteiger partial charge in [0.25, 0.3) is 0 Å². The van der Waals surface area contributed by atoms with Crippen LogP contribution in [0.5, 0.6) is 0 Å². The number of carbonyl (C=O) groups excluding carboxylic acids is 2. The summed E-state index contributed by atoms with van der Waals surface area (Å²) in [6.07, 6.45) is 2.31. The van der Waals surface area contributed by atoms with Gasteiger partial charge in [0.15, 0.2) is 0 Å². The van der Waals surface area contributed by atoms with Crippen LogP contribution in [-0.4, -0.2) is 30.8 Å². The van der Waals surface area contributed by atoms with E-state index in [9.17, 15) is 9.59 Å². The smallest absolute Gasteiger partial charge is 0.407 e. The van der Waals surface area contributed by atoms with Crippen molar-refractivity contribution in [2.45, 2.75) is 51.7 Å². The summed E-state index contributed by atoms with van der Waals surface area (Å²) in [5.74, 6) is 0.633. The van der Waals surface area contributed by atoms with E-state index in [4.69, 9.17) is 9.47 Å². The average Bonchev–Trinajstić information content (AvgIpc) is 2.84. The number of carbonyl (C=O) groups is 2. The SMILES string of the molecule is COC(=O)C1CC2CC1CC2NC(=O)OC(C)(C)C. The second kappa shape index (κ2) is 5.02. The maximum atomic E-state index is 11.7. The van der Waals surface area contributed by atoms with Crippen LogP contribution in [0.4, 0.5) is 4.79 Å². The Hall–Kier alpha value is -1.26. The minimum atomic E-state index is -0.476. The lowest BCUT2D eigenvalue weighted by atomic mass is 9.86. The maximum absolute atomic E-state index is 11.7. The molecule has 0 aromatic carbocycles. The second-order valence-electron chi connectivity index (χ2n) is 6.61. The number of amides is 1. The molecule has 0 spiro atoms. The first-order chi connectivity index (χ1) is 8.80. The molecule has 4 atom stereocenters. The van der Waals surface area contributed by atoms with E-state index in [0.717, 1.165) is 19.3 Å². The number of fused-ring (bicyclic) bond motifs is 2. The van der Waals surface area contributed by atoms with Gasteiger partial charge in [0.05, 0.1) is 13.0 Å². The number of methoxy groups -OCH3 is 1. The minimum absolute atomic E-state index is 0.0201. The summed E-state index contributed by atoms with van der Waals surface area (Å²) in [6.45, 7) is 5.54. The number of hydrogen-bond acceptors (Lipinski definition) is 4. The molecule has 0 heterocycles. The van der Waals surface area contributed by atoms with E-state index in [1.165, 1.54) is 7.11 Å². The molecular weight excluding hydrogens is 246 g/mol. The van der Waals surface area contributed by atoms with E-state index >= 15 is 0 Å². The summed E-state index contributed by atoms with van der Waals surface area (Å²) in [4.78, 5) is 23.3. The Balaban J connectivity index is 1.85. The van der Waals surface area contributed by atoms with Crippen LogP contribution in [0.1, 0.15) is 40.0 Å². The largest absolute Gasteiger partial charge is 0.469 e. The Labute approximate surface area is 114 Å². The number of ether oxygens (including phenoxy) is 2. The summed E-state index contributed by atoms with van der Waals surface area (Å²) in [5.41, 5.74) is -0.476. The van der Waals surface area contributed by atoms with Crippen LogP contribution in [0.25, 0.3) is 0 Å². The lowest BCUT2D eigenvalue weighted by Gasteiger charge is -2.28. The van der Waals surface area contributed by atoms with Crippen molar-refractivity contribution in [1.29, 1.82) is 0 Å². The zero-order valence-corrected chi connectivity index (χ0v) is 12.1. The molecule has 0 aromatic heterocycles. The Morgan fingerprint density at radius 3 is 2.26 bits per heavy atom. The third-order valence-corrected chi connectivity index (χ3v) is 4.06. The van der Waals surface area contributed by atoms with Crippen molar-refractivity contribution in [3.8, 4) is 0 Å². The van der Waals surface area contributed by atoms with Gasteiger partial charge in [-0.3, -0.25) is 4.79 Å². The van der Waals surface area contributed by atoms with Gasteiger partial charge in [0, 0.05) is 6.04 Å². The predicted octanol–water partition coefficient (Wildman–Crippen LogP) is 2.10. The van der Waals surface area contributed by atoms with Gasteiger partial charge in [-0.2, -0.15) is 0 Å². The molecule has 2 rings (SSSR count). The second-order valence-corrected chi connectivity index (χ2v) is 6.61. The highest BCUT2D eigenvalue weighted by atomic mass is 16.6. The zero-order valence-electron chi connectivity index (χ0n) is 12.1. The molecule has 1 amide bonds. The molecule has 0 saturated heterocycles. The van der Waals surface area contributed by atoms with Crippen LogP contribution in [-0.2, 0) is 14.3 Å². The van der Waals surface area contributed by atoms with Gasteiger partial charge in [-0.15, -0.1) is 0 Å². The van der Waals surface area contributed by atoms with Gasteiger partial charge in [-0.25, -0.2) is 4.79 Å². The fraction of sp³-hybridized carbons (Fsp3) is 0.857. The molecule has 2 fully saturated rings. The van der Waals surface area contributed by atoms with Crippen molar-refractivity contribution < 1.29 is 19.1 Å². The molecule has 0 radical (unpaired) electrons. The number of rotatable bonds is 2. The first-order valence-electron chi connectivity index (χ1n) is 6.87. The Morgan fingerprint density at radius 1 is 1.11 bits per heavy atom. The van der Waals surface area contributed by atoms with Crippen molar-refractivity contribution in [2.75, 3.05) is 7.11 Å². The Bertz CT molecular complexity index is 374. The quantitative estimate of drug-likeness (QED) is 0.780. The van der Waals surface area contributed by atoms with Crippen molar-refractivity contribution in [3.05, 3.63) is 0 Å². The maximum Gasteiger partial charge on any atom is 0.407 e. The molecule has 19 heavy (non-hydrogen) atoms. The van der Waals surface area contributed by atoms with Gasteiger partial charge in [-0.05, 0) is 51.9 Å². The number of nitrogens with one attached hydrogen (secondary N) is 1. The topological polar surface area (TPSA) is 64.6 Å². The van der Waals surface area contributed by atoms with Gasteiger partial charge in [0.1, 0.15) is 5.60 Å². The van der Waals surface area contributed by atoms with Gasteiger partial charge < -0.3 is 14.8 Å². The predicted molar refractivity (Wildman–Crippen MR) is 69.5 cm³/mol. The van der Waals surface area contributed by atoms with E-state index in [-0.39, 0.29) is 24.0 Å². The third kappa shape index (κ3) is 3.19. The lowest BCUT2D eigenvalue weighted by Crippen LogP contribution is -2.43. The number of esters is 1. The highest BCUT2D eigenvalue weighted by Gasteiger charge is 2.49. The van der Waals surface area contributed by atoms with Crippen molar-refractivity contribution >= 4 is 12.1 Å². The number of alkyl carbamates (subject to hydrolysis) is 1. The molecule has 0 aromatic rings. The Morgan fingerprint density at radius 2 is 1.79 bits per heavy atom. The van der Waals surface area contributed by atoms with E-state index in [1.54, 1.807) is 0 Å². The molecule has 0 aliphatic heterocycles. The van der Waals surface area contributed by atoms with E-state index in [2.05, 4.69) is 5.32 Å². The molecule has 2 saturated carbocycles. The third-order valence-electron chi connectivity index (χ3n) is 4.06. The monoisotopic (exact) mass is 269 g/mol. The molecule has 2 aliphatic carbocycles. The molecule has 2 aliphatic rings. The Kier molecular flexibility index (Phi) is 3.74. The fourth-order valence-electron chi connectivity index (χ4n) is 3.35. The van der Waals surface area contributed by atoms with E-state index in [1.807, 2.05) is 20.8 Å². The zero-order chi connectivity index (χ0) is 14.2. The fourth-order valence-corrected chi connectivity index (χ4v) is 3.35. The summed E-state index contributed by atoms with van der Waals surface area (Å²) in [7, 11) is 1.44. The summed E-state index contributed by atoms with van der Waals surface area (Å²) >= 11 is 0. The van der Waals surface area contributed by atoms with Crippen LogP contribution < -0.4 is 5.32 Å². The summed E-state index contributed by atoms with van der Waals surface area (Å²) < 4.78 is 10.1. The van der Waals surface area contributed by atoms with E-state index < -0.39 is 5.60 Å². The molecular formula is C14H23NO4. The molecule has 5 heteroatoms. The first-order valence-corrected chi connectivity index (χ1v) is 6.87. The van der Waals surface area contributed by atoms with Crippen molar-refractivity contribution in [3.63, 3.8) is 0 Å². The van der Waals surface area contributed by atoms with E-state index in [0.29, 0.717) is 11.8 Å². The number of hydrogen-bond donors (Lipinski definition) is 1. The standard InChI is InChI=1S/C14H23NO4/c1-14(2,3)19-13(17)15-11-7-8-5-9(11)6-10(8)12(16)18-4/h8-11H,5-7H2,1-4H3,(H,15,17). The first kappa shape index (κ1) is 14.2. The summed E-state index contributed by atoms with van der Waals surface area (Å²) in [5, 5.41) is 2.93.